The number of hydrogen-bond donors (Lipinski definition) is 1. The van der Waals surface area contributed by atoms with E-state index in [1.54, 1.807) is 0 Å². The molecule has 0 radical (unpaired) electrons. The molecule has 2 aromatic carbocycles. The first-order chi connectivity index (χ1) is 9.65. The first-order valence-electron chi connectivity index (χ1n) is 7.50. The molecule has 0 saturated heterocycles. The summed E-state index contributed by atoms with van der Waals surface area (Å²) in [5, 5.41) is 3.62. The Kier molecular flexibility index (Phi) is 5.37. The van der Waals surface area contributed by atoms with E-state index in [0.717, 1.165) is 13.0 Å². The summed E-state index contributed by atoms with van der Waals surface area (Å²) in [6.07, 6.45) is 2.33. The van der Waals surface area contributed by atoms with E-state index < -0.39 is 0 Å². The van der Waals surface area contributed by atoms with E-state index in [-0.39, 0.29) is 0 Å². The summed E-state index contributed by atoms with van der Waals surface area (Å²) in [7, 11) is 0. The van der Waals surface area contributed by atoms with Gasteiger partial charge in [0.1, 0.15) is 0 Å². The third-order valence-electron chi connectivity index (χ3n) is 3.68. The highest BCUT2D eigenvalue weighted by atomic mass is 14.9. The number of benzene rings is 2. The molecule has 0 aliphatic carbocycles. The molecule has 1 N–H and O–H groups in total. The maximum absolute atomic E-state index is 3.62. The lowest BCUT2D eigenvalue weighted by molar-refractivity contribution is 0.558. The van der Waals surface area contributed by atoms with E-state index in [1.807, 2.05) is 0 Å². The molecule has 1 heteroatoms. The molecule has 1 nitrogen and oxygen atoms in total. The molecule has 0 fully saturated rings. The lowest BCUT2D eigenvalue weighted by Gasteiger charge is -2.15. The van der Waals surface area contributed by atoms with Crippen molar-refractivity contribution in [1.29, 1.82) is 0 Å². The summed E-state index contributed by atoms with van der Waals surface area (Å²) in [4.78, 5) is 0. The summed E-state index contributed by atoms with van der Waals surface area (Å²) >= 11 is 0. The Hall–Kier alpha value is -1.60. The molecule has 0 heterocycles. The van der Waals surface area contributed by atoms with Crippen LogP contribution >= 0.6 is 0 Å². The number of hydrogen-bond acceptors (Lipinski definition) is 1. The fraction of sp³-hybridized carbons (Fsp3) is 0.368. The van der Waals surface area contributed by atoms with Crippen molar-refractivity contribution in [1.82, 2.24) is 5.32 Å². The van der Waals surface area contributed by atoms with Crippen LogP contribution in [-0.2, 0) is 6.42 Å². The Morgan fingerprint density at radius 1 is 0.950 bits per heavy atom. The Morgan fingerprint density at radius 2 is 1.60 bits per heavy atom. The van der Waals surface area contributed by atoms with Crippen LogP contribution in [0.15, 0.2) is 48.5 Å². The lowest BCUT2D eigenvalue weighted by Crippen LogP contribution is -2.20. The predicted molar refractivity (Wildman–Crippen MR) is 87.1 cm³/mol. The van der Waals surface area contributed by atoms with Gasteiger partial charge in [-0.2, -0.15) is 0 Å². The first-order valence-corrected chi connectivity index (χ1v) is 7.50. The van der Waals surface area contributed by atoms with Gasteiger partial charge in [-0.1, -0.05) is 59.7 Å². The highest BCUT2D eigenvalue weighted by Gasteiger charge is 2.05. The fourth-order valence-corrected chi connectivity index (χ4v) is 2.63. The maximum Gasteiger partial charge on any atom is 0.0291 e. The Morgan fingerprint density at radius 3 is 2.25 bits per heavy atom. The van der Waals surface area contributed by atoms with E-state index in [2.05, 4.69) is 74.6 Å². The Bertz CT molecular complexity index is 510. The molecule has 2 aromatic rings. The molecule has 0 spiro atoms. The highest BCUT2D eigenvalue weighted by Crippen LogP contribution is 2.16. The number of aryl methyl sites for hydroxylation is 3. The standard InChI is InChI=1S/C19H25N/c1-15-12-16(2)14-19(13-15)17(3)20-11-7-10-18-8-5-4-6-9-18/h4-6,8-9,12-14,17,20H,7,10-11H2,1-3H3. The smallest absolute Gasteiger partial charge is 0.0291 e. The second-order valence-electron chi connectivity index (χ2n) is 5.69. The van der Waals surface area contributed by atoms with Crippen LogP contribution in [0.2, 0.25) is 0 Å². The fourth-order valence-electron chi connectivity index (χ4n) is 2.63. The summed E-state index contributed by atoms with van der Waals surface area (Å²) in [5.74, 6) is 0. The second kappa shape index (κ2) is 7.25. The quantitative estimate of drug-likeness (QED) is 0.755. The Labute approximate surface area is 123 Å². The van der Waals surface area contributed by atoms with Crippen molar-refractivity contribution >= 4 is 0 Å². The van der Waals surface area contributed by atoms with Crippen LogP contribution in [0, 0.1) is 13.8 Å². The summed E-state index contributed by atoms with van der Waals surface area (Å²) in [5.41, 5.74) is 5.51. The van der Waals surface area contributed by atoms with Crippen LogP contribution in [0.3, 0.4) is 0 Å². The van der Waals surface area contributed by atoms with Crippen LogP contribution < -0.4 is 5.32 Å². The molecule has 0 bridgehead atoms. The van der Waals surface area contributed by atoms with Gasteiger partial charge >= 0.3 is 0 Å². The topological polar surface area (TPSA) is 12.0 Å². The van der Waals surface area contributed by atoms with Crippen molar-refractivity contribution in [2.45, 2.75) is 39.7 Å². The normalized spacial score (nSPS) is 12.3. The van der Waals surface area contributed by atoms with Crippen LogP contribution in [0.4, 0.5) is 0 Å². The molecule has 2 rings (SSSR count). The van der Waals surface area contributed by atoms with E-state index in [4.69, 9.17) is 0 Å². The molecular formula is C19H25N. The van der Waals surface area contributed by atoms with Gasteiger partial charge in [0.25, 0.3) is 0 Å². The van der Waals surface area contributed by atoms with Gasteiger partial charge in [-0.25, -0.2) is 0 Å². The second-order valence-corrected chi connectivity index (χ2v) is 5.69. The molecular weight excluding hydrogens is 242 g/mol. The molecule has 1 unspecified atom stereocenters. The highest BCUT2D eigenvalue weighted by molar-refractivity contribution is 5.30. The zero-order valence-electron chi connectivity index (χ0n) is 12.8. The zero-order valence-corrected chi connectivity index (χ0v) is 12.8. The van der Waals surface area contributed by atoms with Gasteiger partial charge < -0.3 is 5.32 Å². The van der Waals surface area contributed by atoms with Gasteiger partial charge in [-0.3, -0.25) is 0 Å². The molecule has 0 saturated carbocycles. The van der Waals surface area contributed by atoms with Gasteiger partial charge in [0.15, 0.2) is 0 Å². The summed E-state index contributed by atoms with van der Waals surface area (Å²) in [6, 6.07) is 17.9. The lowest BCUT2D eigenvalue weighted by atomic mass is 10.0. The van der Waals surface area contributed by atoms with Crippen LogP contribution in [0.1, 0.15) is 41.6 Å². The summed E-state index contributed by atoms with van der Waals surface area (Å²) in [6.45, 7) is 7.64. The minimum absolute atomic E-state index is 0.421. The van der Waals surface area contributed by atoms with Crippen molar-refractivity contribution in [3.8, 4) is 0 Å². The summed E-state index contributed by atoms with van der Waals surface area (Å²) < 4.78 is 0. The van der Waals surface area contributed by atoms with Gasteiger partial charge in [0.2, 0.25) is 0 Å². The van der Waals surface area contributed by atoms with Crippen LogP contribution in [0.25, 0.3) is 0 Å². The minimum Gasteiger partial charge on any atom is -0.310 e. The van der Waals surface area contributed by atoms with Gasteiger partial charge in [-0.15, -0.1) is 0 Å². The third-order valence-corrected chi connectivity index (χ3v) is 3.68. The molecule has 0 amide bonds. The Balaban J connectivity index is 1.79. The molecule has 1 atom stereocenters. The van der Waals surface area contributed by atoms with Gasteiger partial charge in [0.05, 0.1) is 0 Å². The largest absolute Gasteiger partial charge is 0.310 e. The molecule has 0 aliphatic rings. The van der Waals surface area contributed by atoms with Gasteiger partial charge in [0, 0.05) is 6.04 Å². The van der Waals surface area contributed by atoms with Gasteiger partial charge in [-0.05, 0) is 51.3 Å². The van der Waals surface area contributed by atoms with Crippen molar-refractivity contribution in [3.63, 3.8) is 0 Å². The molecule has 0 aliphatic heterocycles. The minimum atomic E-state index is 0.421. The van der Waals surface area contributed by atoms with Crippen molar-refractivity contribution in [2.75, 3.05) is 6.54 Å². The maximum atomic E-state index is 3.62. The average molecular weight is 267 g/mol. The van der Waals surface area contributed by atoms with E-state index >= 15 is 0 Å². The van der Waals surface area contributed by atoms with Crippen molar-refractivity contribution in [2.24, 2.45) is 0 Å². The molecule has 0 aromatic heterocycles. The molecule has 106 valence electrons. The van der Waals surface area contributed by atoms with Crippen LogP contribution in [-0.4, -0.2) is 6.54 Å². The van der Waals surface area contributed by atoms with Crippen molar-refractivity contribution in [3.05, 3.63) is 70.8 Å². The molecule has 20 heavy (non-hydrogen) atoms. The zero-order chi connectivity index (χ0) is 14.4. The monoisotopic (exact) mass is 267 g/mol. The van der Waals surface area contributed by atoms with E-state index in [1.165, 1.54) is 28.7 Å². The van der Waals surface area contributed by atoms with E-state index in [9.17, 15) is 0 Å². The first kappa shape index (κ1) is 14.8. The predicted octanol–water partition coefficient (Wildman–Crippen LogP) is 4.59. The number of nitrogens with one attached hydrogen (secondary N) is 1. The van der Waals surface area contributed by atoms with Crippen LogP contribution in [0.5, 0.6) is 0 Å². The average Bonchev–Trinajstić information content (AvgIpc) is 2.43. The van der Waals surface area contributed by atoms with E-state index in [0.29, 0.717) is 6.04 Å². The third kappa shape index (κ3) is 4.50. The SMILES string of the molecule is Cc1cc(C)cc(C(C)NCCCc2ccccc2)c1. The van der Waals surface area contributed by atoms with Crippen molar-refractivity contribution < 1.29 is 0 Å². The number of rotatable bonds is 6.